The molecule has 1 aliphatic carbocycles. The highest BCUT2D eigenvalue weighted by molar-refractivity contribution is 5.80. The molecule has 1 heterocycles. The Balaban J connectivity index is 1.62. The number of benzene rings is 1. The van der Waals surface area contributed by atoms with Crippen molar-refractivity contribution in [1.29, 1.82) is 0 Å². The Morgan fingerprint density at radius 1 is 1.12 bits per heavy atom. The molecule has 0 N–H and O–H groups in total. The van der Waals surface area contributed by atoms with Crippen LogP contribution in [0, 0.1) is 5.92 Å². The van der Waals surface area contributed by atoms with Gasteiger partial charge in [0.05, 0.1) is 7.11 Å². The zero-order valence-corrected chi connectivity index (χ0v) is 14.5. The summed E-state index contributed by atoms with van der Waals surface area (Å²) in [7, 11) is 1.66. The fourth-order valence-electron chi connectivity index (χ4n) is 3.38. The van der Waals surface area contributed by atoms with Crippen LogP contribution in [-0.4, -0.2) is 47.9 Å². The molecule has 24 heavy (non-hydrogen) atoms. The van der Waals surface area contributed by atoms with Gasteiger partial charge in [0.2, 0.25) is 11.8 Å². The molecule has 2 amide bonds. The van der Waals surface area contributed by atoms with E-state index >= 15 is 0 Å². The molecular formula is C19H26N2O3. The SMILES string of the molecule is COc1ccc(CN(C(=O)C2CCN(C(C)=O)CC2)C2CC2)cc1. The number of hydrogen-bond acceptors (Lipinski definition) is 3. The summed E-state index contributed by atoms with van der Waals surface area (Å²) in [5, 5.41) is 0. The highest BCUT2D eigenvalue weighted by Crippen LogP contribution is 2.32. The van der Waals surface area contributed by atoms with Crippen LogP contribution in [0.4, 0.5) is 0 Å². The molecule has 0 atom stereocenters. The molecule has 3 rings (SSSR count). The Morgan fingerprint density at radius 2 is 1.75 bits per heavy atom. The van der Waals surface area contributed by atoms with Crippen molar-refractivity contribution in [2.24, 2.45) is 5.92 Å². The van der Waals surface area contributed by atoms with Gasteiger partial charge in [-0.2, -0.15) is 0 Å². The summed E-state index contributed by atoms with van der Waals surface area (Å²) in [5.74, 6) is 1.26. The Labute approximate surface area is 143 Å². The topological polar surface area (TPSA) is 49.9 Å². The smallest absolute Gasteiger partial charge is 0.226 e. The largest absolute Gasteiger partial charge is 0.497 e. The van der Waals surface area contributed by atoms with Crippen LogP contribution in [0.2, 0.25) is 0 Å². The van der Waals surface area contributed by atoms with Gasteiger partial charge in [0, 0.05) is 38.5 Å². The fourth-order valence-corrected chi connectivity index (χ4v) is 3.38. The highest BCUT2D eigenvalue weighted by atomic mass is 16.5. The van der Waals surface area contributed by atoms with E-state index in [0.29, 0.717) is 25.7 Å². The molecule has 2 fully saturated rings. The molecular weight excluding hydrogens is 304 g/mol. The van der Waals surface area contributed by atoms with Gasteiger partial charge in [0.15, 0.2) is 0 Å². The molecule has 1 saturated heterocycles. The maximum atomic E-state index is 13.0. The summed E-state index contributed by atoms with van der Waals surface area (Å²) in [5.41, 5.74) is 1.14. The third-order valence-electron chi connectivity index (χ3n) is 5.07. The summed E-state index contributed by atoms with van der Waals surface area (Å²) in [6, 6.07) is 8.33. The third kappa shape index (κ3) is 3.89. The molecule has 1 aromatic rings. The highest BCUT2D eigenvalue weighted by Gasteiger charge is 2.37. The number of piperidine rings is 1. The zero-order chi connectivity index (χ0) is 17.1. The molecule has 1 aromatic carbocycles. The minimum atomic E-state index is 0.0550. The molecule has 0 aromatic heterocycles. The number of nitrogens with zero attached hydrogens (tertiary/aromatic N) is 2. The first kappa shape index (κ1) is 16.8. The Hall–Kier alpha value is -2.04. The predicted molar refractivity (Wildman–Crippen MR) is 91.5 cm³/mol. The Kier molecular flexibility index (Phi) is 5.07. The molecule has 5 heteroatoms. The predicted octanol–water partition coefficient (Wildman–Crippen LogP) is 2.44. The van der Waals surface area contributed by atoms with Crippen LogP contribution in [0.25, 0.3) is 0 Å². The molecule has 1 saturated carbocycles. The van der Waals surface area contributed by atoms with E-state index in [0.717, 1.165) is 37.0 Å². The number of carbonyl (C=O) groups is 2. The molecule has 1 aliphatic heterocycles. The second kappa shape index (κ2) is 7.24. The molecule has 0 spiro atoms. The third-order valence-corrected chi connectivity index (χ3v) is 5.07. The van der Waals surface area contributed by atoms with Gasteiger partial charge < -0.3 is 14.5 Å². The molecule has 0 unspecified atom stereocenters. The normalized spacial score (nSPS) is 18.3. The lowest BCUT2D eigenvalue weighted by molar-refractivity contribution is -0.141. The van der Waals surface area contributed by atoms with Gasteiger partial charge in [0.25, 0.3) is 0 Å². The standard InChI is InChI=1S/C19H26N2O3/c1-14(22)20-11-9-16(10-12-20)19(23)21(17-5-6-17)13-15-3-7-18(24-2)8-4-15/h3-4,7-8,16-17H,5-6,9-13H2,1-2H3. The average Bonchev–Trinajstić information content (AvgIpc) is 3.44. The molecule has 5 nitrogen and oxygen atoms in total. The minimum Gasteiger partial charge on any atom is -0.497 e. The first-order chi connectivity index (χ1) is 11.6. The van der Waals surface area contributed by atoms with E-state index in [1.165, 1.54) is 0 Å². The molecule has 0 radical (unpaired) electrons. The van der Waals surface area contributed by atoms with Gasteiger partial charge in [-0.15, -0.1) is 0 Å². The Bertz CT molecular complexity index is 587. The summed E-state index contributed by atoms with van der Waals surface area (Å²) in [6.07, 6.45) is 3.77. The maximum Gasteiger partial charge on any atom is 0.226 e. The van der Waals surface area contributed by atoms with E-state index in [4.69, 9.17) is 4.74 Å². The van der Waals surface area contributed by atoms with Crippen molar-refractivity contribution in [1.82, 2.24) is 9.80 Å². The van der Waals surface area contributed by atoms with Gasteiger partial charge in [-0.05, 0) is 43.4 Å². The van der Waals surface area contributed by atoms with Gasteiger partial charge in [-0.25, -0.2) is 0 Å². The first-order valence-electron chi connectivity index (χ1n) is 8.77. The number of hydrogen-bond donors (Lipinski definition) is 0. The van der Waals surface area contributed by atoms with Crippen LogP contribution in [0.15, 0.2) is 24.3 Å². The molecule has 130 valence electrons. The number of carbonyl (C=O) groups excluding carboxylic acids is 2. The number of amides is 2. The Morgan fingerprint density at radius 3 is 2.25 bits per heavy atom. The summed E-state index contributed by atoms with van der Waals surface area (Å²) >= 11 is 0. The van der Waals surface area contributed by atoms with E-state index < -0.39 is 0 Å². The van der Waals surface area contributed by atoms with Crippen molar-refractivity contribution in [2.75, 3.05) is 20.2 Å². The number of ether oxygens (including phenoxy) is 1. The summed E-state index contributed by atoms with van der Waals surface area (Å²) < 4.78 is 5.19. The second-order valence-electron chi connectivity index (χ2n) is 6.83. The van der Waals surface area contributed by atoms with Crippen molar-refractivity contribution in [2.45, 2.75) is 45.2 Å². The quantitative estimate of drug-likeness (QED) is 0.833. The lowest BCUT2D eigenvalue weighted by atomic mass is 9.95. The lowest BCUT2D eigenvalue weighted by Crippen LogP contribution is -2.44. The van der Waals surface area contributed by atoms with Crippen LogP contribution in [0.3, 0.4) is 0 Å². The summed E-state index contributed by atoms with van der Waals surface area (Å²) in [6.45, 7) is 3.67. The second-order valence-corrected chi connectivity index (χ2v) is 6.83. The van der Waals surface area contributed by atoms with Crippen LogP contribution >= 0.6 is 0 Å². The van der Waals surface area contributed by atoms with Crippen LogP contribution in [-0.2, 0) is 16.1 Å². The van der Waals surface area contributed by atoms with Crippen molar-refractivity contribution >= 4 is 11.8 Å². The maximum absolute atomic E-state index is 13.0. The van der Waals surface area contributed by atoms with Crippen molar-refractivity contribution in [3.8, 4) is 5.75 Å². The number of likely N-dealkylation sites (tertiary alicyclic amines) is 1. The molecule has 0 bridgehead atoms. The van der Waals surface area contributed by atoms with Crippen molar-refractivity contribution < 1.29 is 14.3 Å². The number of methoxy groups -OCH3 is 1. The van der Waals surface area contributed by atoms with Gasteiger partial charge >= 0.3 is 0 Å². The monoisotopic (exact) mass is 330 g/mol. The fraction of sp³-hybridized carbons (Fsp3) is 0.579. The van der Waals surface area contributed by atoms with E-state index in [1.54, 1.807) is 14.0 Å². The van der Waals surface area contributed by atoms with Crippen molar-refractivity contribution in [3.63, 3.8) is 0 Å². The van der Waals surface area contributed by atoms with E-state index in [1.807, 2.05) is 29.2 Å². The lowest BCUT2D eigenvalue weighted by Gasteiger charge is -2.34. The zero-order valence-electron chi connectivity index (χ0n) is 14.5. The van der Waals surface area contributed by atoms with Crippen molar-refractivity contribution in [3.05, 3.63) is 29.8 Å². The van der Waals surface area contributed by atoms with E-state index in [-0.39, 0.29) is 17.7 Å². The number of rotatable bonds is 5. The van der Waals surface area contributed by atoms with Crippen LogP contribution in [0.1, 0.15) is 38.2 Å². The van der Waals surface area contributed by atoms with Gasteiger partial charge in [-0.3, -0.25) is 9.59 Å². The minimum absolute atomic E-state index is 0.0550. The first-order valence-corrected chi connectivity index (χ1v) is 8.77. The summed E-state index contributed by atoms with van der Waals surface area (Å²) in [4.78, 5) is 28.3. The molecule has 2 aliphatic rings. The van der Waals surface area contributed by atoms with Gasteiger partial charge in [0.1, 0.15) is 5.75 Å². The van der Waals surface area contributed by atoms with Crippen LogP contribution in [0.5, 0.6) is 5.75 Å². The van der Waals surface area contributed by atoms with Crippen LogP contribution < -0.4 is 4.74 Å². The van der Waals surface area contributed by atoms with E-state index in [9.17, 15) is 9.59 Å². The van der Waals surface area contributed by atoms with E-state index in [2.05, 4.69) is 4.90 Å². The average molecular weight is 330 g/mol. The van der Waals surface area contributed by atoms with Gasteiger partial charge in [-0.1, -0.05) is 12.1 Å².